The molecule has 148 valence electrons. The first kappa shape index (κ1) is 24.4. The van der Waals surface area contributed by atoms with E-state index in [0.29, 0.717) is 26.2 Å². The second kappa shape index (κ2) is 12.7. The zero-order chi connectivity index (χ0) is 16.7. The van der Waals surface area contributed by atoms with Crippen LogP contribution in [0.3, 0.4) is 0 Å². The maximum atomic E-state index is 12.5. The second-order valence-electron chi connectivity index (χ2n) is 6.08. The molecule has 25 heavy (non-hydrogen) atoms. The van der Waals surface area contributed by atoms with Gasteiger partial charge in [0.25, 0.3) is 5.91 Å². The highest BCUT2D eigenvalue weighted by Gasteiger charge is 2.28. The summed E-state index contributed by atoms with van der Waals surface area (Å²) < 4.78 is 5.56. The summed E-state index contributed by atoms with van der Waals surface area (Å²) >= 11 is 0. The zero-order valence-electron chi connectivity index (χ0n) is 15.2. The van der Waals surface area contributed by atoms with Crippen LogP contribution >= 0.6 is 24.8 Å². The number of amides is 2. The minimum absolute atomic E-state index is 0. The van der Waals surface area contributed by atoms with E-state index in [9.17, 15) is 9.59 Å². The molecule has 1 atom stereocenters. The summed E-state index contributed by atoms with van der Waals surface area (Å²) in [4.78, 5) is 30.6. The van der Waals surface area contributed by atoms with Gasteiger partial charge in [-0.2, -0.15) is 0 Å². The normalized spacial score (nSPS) is 21.5. The van der Waals surface area contributed by atoms with Gasteiger partial charge >= 0.3 is 0 Å². The number of nitrogens with one attached hydrogen (secondary N) is 1. The van der Waals surface area contributed by atoms with Crippen molar-refractivity contribution in [2.24, 2.45) is 0 Å². The highest BCUT2D eigenvalue weighted by molar-refractivity contribution is 5.85. The molecule has 2 saturated heterocycles. The molecule has 9 heteroatoms. The van der Waals surface area contributed by atoms with Crippen molar-refractivity contribution >= 4 is 36.6 Å². The van der Waals surface area contributed by atoms with Gasteiger partial charge in [-0.1, -0.05) is 0 Å². The third-order valence-corrected chi connectivity index (χ3v) is 4.58. The molecule has 0 aromatic heterocycles. The number of morpholine rings is 1. The molecule has 1 N–H and O–H groups in total. The number of halogens is 2. The monoisotopic (exact) mass is 398 g/mol. The lowest BCUT2D eigenvalue weighted by molar-refractivity contribution is -0.145. The van der Waals surface area contributed by atoms with Gasteiger partial charge in [-0.15, -0.1) is 24.8 Å². The molecule has 2 aliphatic rings. The van der Waals surface area contributed by atoms with Gasteiger partial charge in [-0.05, 0) is 20.3 Å². The van der Waals surface area contributed by atoms with Crippen LogP contribution in [-0.2, 0) is 14.3 Å². The summed E-state index contributed by atoms with van der Waals surface area (Å²) in [7, 11) is 0. The predicted molar refractivity (Wildman–Crippen MR) is 103 cm³/mol. The molecule has 2 rings (SSSR count). The fourth-order valence-electron chi connectivity index (χ4n) is 3.14. The zero-order valence-corrected chi connectivity index (χ0v) is 16.9. The number of hydrogen-bond donors (Lipinski definition) is 1. The third kappa shape index (κ3) is 7.27. The molecule has 2 amide bonds. The third-order valence-electron chi connectivity index (χ3n) is 4.58. The van der Waals surface area contributed by atoms with Crippen LogP contribution in [0.1, 0.15) is 20.3 Å². The molecule has 0 saturated carbocycles. The lowest BCUT2D eigenvalue weighted by atomic mass is 10.2. The summed E-state index contributed by atoms with van der Waals surface area (Å²) in [6.45, 7) is 11.0. The average molecular weight is 399 g/mol. The topological polar surface area (TPSA) is 65.1 Å². The lowest BCUT2D eigenvalue weighted by Gasteiger charge is -2.29. The number of carbonyl (C=O) groups is 2. The van der Waals surface area contributed by atoms with Crippen LogP contribution in [0.2, 0.25) is 0 Å². The molecule has 0 bridgehead atoms. The summed E-state index contributed by atoms with van der Waals surface area (Å²) in [6.07, 6.45) is 0.546. The number of nitrogens with zero attached hydrogens (tertiary/aromatic N) is 3. The maximum Gasteiger partial charge on any atom is 0.253 e. The largest absolute Gasteiger partial charge is 0.366 e. The number of hydrogen-bond acceptors (Lipinski definition) is 5. The summed E-state index contributed by atoms with van der Waals surface area (Å²) in [5, 5.41) is 3.20. The van der Waals surface area contributed by atoms with Gasteiger partial charge in [-0.3, -0.25) is 14.5 Å². The summed E-state index contributed by atoms with van der Waals surface area (Å²) in [6, 6.07) is 0. The van der Waals surface area contributed by atoms with Crippen molar-refractivity contribution < 1.29 is 14.3 Å². The lowest BCUT2D eigenvalue weighted by Crippen LogP contribution is -2.50. The Labute approximate surface area is 163 Å². The van der Waals surface area contributed by atoms with E-state index in [1.54, 1.807) is 0 Å². The Hall–Kier alpha value is -0.600. The van der Waals surface area contributed by atoms with E-state index in [1.807, 2.05) is 23.6 Å². The minimum Gasteiger partial charge on any atom is -0.366 e. The van der Waals surface area contributed by atoms with Gasteiger partial charge in [0.2, 0.25) is 5.91 Å². The fourth-order valence-corrected chi connectivity index (χ4v) is 3.14. The molecule has 2 aliphatic heterocycles. The minimum atomic E-state index is -0.354. The van der Waals surface area contributed by atoms with E-state index in [-0.39, 0.29) is 42.7 Å². The van der Waals surface area contributed by atoms with Crippen molar-refractivity contribution in [3.63, 3.8) is 0 Å². The Bertz CT molecular complexity index is 405. The van der Waals surface area contributed by atoms with E-state index in [4.69, 9.17) is 4.74 Å². The first-order chi connectivity index (χ1) is 11.2. The molecular formula is C16H32Cl2N4O3. The van der Waals surface area contributed by atoms with Crippen LogP contribution in [0, 0.1) is 0 Å². The van der Waals surface area contributed by atoms with Crippen molar-refractivity contribution in [3.8, 4) is 0 Å². The summed E-state index contributed by atoms with van der Waals surface area (Å²) in [5.41, 5.74) is 0. The molecular weight excluding hydrogens is 367 g/mol. The fraction of sp³-hybridized carbons (Fsp3) is 0.875. The average Bonchev–Trinajstić information content (AvgIpc) is 2.82. The molecule has 0 aromatic rings. The molecule has 0 aliphatic carbocycles. The van der Waals surface area contributed by atoms with Gasteiger partial charge < -0.3 is 19.9 Å². The molecule has 0 radical (unpaired) electrons. The van der Waals surface area contributed by atoms with Crippen molar-refractivity contribution in [3.05, 3.63) is 0 Å². The molecule has 2 fully saturated rings. The number of likely N-dealkylation sites (N-methyl/N-ethyl adjacent to an activating group) is 1. The maximum absolute atomic E-state index is 12.5. The van der Waals surface area contributed by atoms with Crippen LogP contribution in [0.4, 0.5) is 0 Å². The van der Waals surface area contributed by atoms with Crippen molar-refractivity contribution in [1.82, 2.24) is 20.0 Å². The van der Waals surface area contributed by atoms with Crippen LogP contribution in [-0.4, -0.2) is 98.1 Å². The molecule has 0 aromatic carbocycles. The summed E-state index contributed by atoms with van der Waals surface area (Å²) in [5.74, 6) is 0.253. The number of rotatable bonds is 5. The van der Waals surface area contributed by atoms with Crippen LogP contribution in [0.15, 0.2) is 0 Å². The first-order valence-electron chi connectivity index (χ1n) is 8.77. The van der Waals surface area contributed by atoms with Gasteiger partial charge in [0.1, 0.15) is 6.10 Å². The second-order valence-corrected chi connectivity index (χ2v) is 6.08. The number of carbonyl (C=O) groups excluding carboxylic acids is 2. The number of ether oxygens (including phenoxy) is 1. The van der Waals surface area contributed by atoms with Crippen LogP contribution < -0.4 is 5.32 Å². The molecule has 7 nitrogen and oxygen atoms in total. The highest BCUT2D eigenvalue weighted by Crippen LogP contribution is 2.08. The SMILES string of the molecule is CCN(CC)C(=O)CN1CCCN(C(=O)C2CNCCO2)CC1.Cl.Cl. The van der Waals surface area contributed by atoms with Crippen LogP contribution in [0.5, 0.6) is 0 Å². The Balaban J connectivity index is 0.00000288. The van der Waals surface area contributed by atoms with Crippen LogP contribution in [0.25, 0.3) is 0 Å². The van der Waals surface area contributed by atoms with Gasteiger partial charge in [0.05, 0.1) is 13.2 Å². The highest BCUT2D eigenvalue weighted by atomic mass is 35.5. The molecule has 1 unspecified atom stereocenters. The van der Waals surface area contributed by atoms with Crippen molar-refractivity contribution in [2.45, 2.75) is 26.4 Å². The van der Waals surface area contributed by atoms with E-state index >= 15 is 0 Å². The Kier molecular flexibility index (Phi) is 12.4. The van der Waals surface area contributed by atoms with E-state index in [1.165, 1.54) is 0 Å². The van der Waals surface area contributed by atoms with Crippen molar-refractivity contribution in [1.29, 1.82) is 0 Å². The van der Waals surface area contributed by atoms with Gasteiger partial charge in [0, 0.05) is 52.4 Å². The predicted octanol–water partition coefficient (Wildman–Crippen LogP) is 0.221. The van der Waals surface area contributed by atoms with E-state index in [2.05, 4.69) is 10.2 Å². The van der Waals surface area contributed by atoms with E-state index in [0.717, 1.165) is 45.7 Å². The van der Waals surface area contributed by atoms with Gasteiger partial charge in [-0.25, -0.2) is 0 Å². The molecule has 2 heterocycles. The Morgan fingerprint density at radius 3 is 2.44 bits per heavy atom. The molecule has 0 spiro atoms. The van der Waals surface area contributed by atoms with Gasteiger partial charge in [0.15, 0.2) is 0 Å². The Morgan fingerprint density at radius 2 is 1.84 bits per heavy atom. The standard InChI is InChI=1S/C16H30N4O3.2ClH/c1-3-19(4-2)15(21)13-18-7-5-8-20(10-9-18)16(22)14-12-17-6-11-23-14;;/h14,17H,3-13H2,1-2H3;2*1H. The van der Waals surface area contributed by atoms with E-state index < -0.39 is 0 Å². The Morgan fingerprint density at radius 1 is 1.12 bits per heavy atom. The van der Waals surface area contributed by atoms with Crippen molar-refractivity contribution in [2.75, 3.05) is 65.5 Å². The quantitative estimate of drug-likeness (QED) is 0.717. The first-order valence-corrected chi connectivity index (χ1v) is 8.77. The smallest absolute Gasteiger partial charge is 0.253 e.